The van der Waals surface area contributed by atoms with E-state index in [-0.39, 0.29) is 12.0 Å². The number of carbonyl (C=O) groups excluding carboxylic acids is 1. The molecule has 2 rings (SSSR count). The Morgan fingerprint density at radius 1 is 1.37 bits per heavy atom. The maximum absolute atomic E-state index is 11.0. The second-order valence-electron chi connectivity index (χ2n) is 7.07. The van der Waals surface area contributed by atoms with Crippen LogP contribution in [-0.2, 0) is 4.79 Å². The first-order valence-corrected chi connectivity index (χ1v) is 9.75. The highest BCUT2D eigenvalue weighted by Gasteiger charge is 2.20. The number of para-hydroxylation sites is 1. The monoisotopic (exact) mass is 375 g/mol. The lowest BCUT2D eigenvalue weighted by molar-refractivity contribution is -0.119. The van der Waals surface area contributed by atoms with E-state index >= 15 is 0 Å². The molecule has 7 nitrogen and oxygen atoms in total. The number of ether oxygens (including phenoxy) is 1. The average molecular weight is 376 g/mol. The fraction of sp³-hybridized carbons (Fsp3) is 0.600. The number of nitrogens with two attached hydrogens (primary N) is 1. The largest absolute Gasteiger partial charge is 0.489 e. The van der Waals surface area contributed by atoms with E-state index in [0.29, 0.717) is 19.1 Å². The second kappa shape index (κ2) is 10.8. The minimum absolute atomic E-state index is 0.0148. The highest BCUT2D eigenvalue weighted by atomic mass is 16.5. The molecule has 1 atom stereocenters. The summed E-state index contributed by atoms with van der Waals surface area (Å²) in [5.41, 5.74) is 6.40. The molecule has 1 aliphatic heterocycles. The van der Waals surface area contributed by atoms with Crippen LogP contribution >= 0.6 is 0 Å². The van der Waals surface area contributed by atoms with E-state index in [2.05, 4.69) is 27.4 Å². The first kappa shape index (κ1) is 21.0. The number of nitrogens with zero attached hydrogens (tertiary/aromatic N) is 2. The Kier molecular flexibility index (Phi) is 8.39. The first-order chi connectivity index (χ1) is 13.0. The number of piperidine rings is 1. The molecule has 1 heterocycles. The van der Waals surface area contributed by atoms with Crippen molar-refractivity contribution in [2.24, 2.45) is 10.7 Å². The van der Waals surface area contributed by atoms with Crippen molar-refractivity contribution in [3.05, 3.63) is 29.8 Å². The summed E-state index contributed by atoms with van der Waals surface area (Å²) >= 11 is 0. The van der Waals surface area contributed by atoms with Crippen LogP contribution in [0.2, 0.25) is 0 Å². The van der Waals surface area contributed by atoms with E-state index in [1.807, 2.05) is 38.1 Å². The average Bonchev–Trinajstić information content (AvgIpc) is 2.63. The summed E-state index contributed by atoms with van der Waals surface area (Å²) in [6, 6.07) is 8.36. The van der Waals surface area contributed by atoms with Crippen molar-refractivity contribution >= 4 is 11.9 Å². The Bertz CT molecular complexity index is 627. The second-order valence-corrected chi connectivity index (χ2v) is 7.07. The molecular formula is C20H33N5O2. The van der Waals surface area contributed by atoms with Crippen LogP contribution in [0.25, 0.3) is 0 Å². The highest BCUT2D eigenvalue weighted by Crippen LogP contribution is 2.17. The molecule has 0 radical (unpaired) electrons. The smallest absolute Gasteiger partial charge is 0.231 e. The SMILES string of the molecule is CCNC(=NCC(C)Oc1ccccc1C)NC1CCN(CC(N)=O)CC1. The molecule has 1 aromatic rings. The number of amides is 1. The molecule has 1 saturated heterocycles. The van der Waals surface area contributed by atoms with Gasteiger partial charge in [-0.1, -0.05) is 18.2 Å². The molecule has 0 aromatic heterocycles. The molecular weight excluding hydrogens is 342 g/mol. The summed E-state index contributed by atoms with van der Waals surface area (Å²) in [7, 11) is 0. The van der Waals surface area contributed by atoms with Gasteiger partial charge >= 0.3 is 0 Å². The summed E-state index contributed by atoms with van der Waals surface area (Å²) in [5, 5.41) is 6.80. The third-order valence-electron chi connectivity index (χ3n) is 4.58. The van der Waals surface area contributed by atoms with E-state index < -0.39 is 0 Å². The van der Waals surface area contributed by atoms with Crippen LogP contribution < -0.4 is 21.1 Å². The van der Waals surface area contributed by atoms with Gasteiger partial charge < -0.3 is 21.1 Å². The van der Waals surface area contributed by atoms with E-state index in [9.17, 15) is 4.79 Å². The Hall–Kier alpha value is -2.28. The van der Waals surface area contributed by atoms with Crippen LogP contribution in [0.4, 0.5) is 0 Å². The summed E-state index contributed by atoms with van der Waals surface area (Å²) in [4.78, 5) is 17.8. The molecule has 1 aromatic carbocycles. The molecule has 0 aliphatic carbocycles. The molecule has 150 valence electrons. The van der Waals surface area contributed by atoms with Gasteiger partial charge in [0, 0.05) is 25.7 Å². The number of nitrogens with one attached hydrogen (secondary N) is 2. The predicted molar refractivity (Wildman–Crippen MR) is 109 cm³/mol. The van der Waals surface area contributed by atoms with E-state index in [1.165, 1.54) is 0 Å². The number of benzene rings is 1. The summed E-state index contributed by atoms with van der Waals surface area (Å²) in [6.45, 7) is 9.58. The van der Waals surface area contributed by atoms with Crippen molar-refractivity contribution in [2.45, 2.75) is 45.8 Å². The Labute approximate surface area is 162 Å². The van der Waals surface area contributed by atoms with Crippen LogP contribution in [0.1, 0.15) is 32.3 Å². The number of hydrogen-bond acceptors (Lipinski definition) is 4. The zero-order valence-corrected chi connectivity index (χ0v) is 16.7. The summed E-state index contributed by atoms with van der Waals surface area (Å²) < 4.78 is 6.00. The minimum atomic E-state index is -0.265. The molecule has 27 heavy (non-hydrogen) atoms. The fourth-order valence-corrected chi connectivity index (χ4v) is 3.13. The molecule has 0 spiro atoms. The third-order valence-corrected chi connectivity index (χ3v) is 4.58. The highest BCUT2D eigenvalue weighted by molar-refractivity contribution is 5.80. The number of aryl methyl sites for hydroxylation is 1. The van der Waals surface area contributed by atoms with Crippen LogP contribution in [0.15, 0.2) is 29.3 Å². The normalized spacial score (nSPS) is 17.4. The lowest BCUT2D eigenvalue weighted by Crippen LogP contribution is -2.50. The van der Waals surface area contributed by atoms with Gasteiger partial charge in [0.05, 0.1) is 13.1 Å². The van der Waals surface area contributed by atoms with Crippen LogP contribution in [0.5, 0.6) is 5.75 Å². The quantitative estimate of drug-likeness (QED) is 0.470. The number of rotatable bonds is 8. The molecule has 1 unspecified atom stereocenters. The molecule has 1 aliphatic rings. The summed E-state index contributed by atoms with van der Waals surface area (Å²) in [5.74, 6) is 1.45. The minimum Gasteiger partial charge on any atom is -0.489 e. The van der Waals surface area contributed by atoms with E-state index in [4.69, 9.17) is 10.5 Å². The van der Waals surface area contributed by atoms with E-state index in [1.54, 1.807) is 0 Å². The van der Waals surface area contributed by atoms with Gasteiger partial charge in [0.2, 0.25) is 5.91 Å². The zero-order valence-electron chi connectivity index (χ0n) is 16.7. The topological polar surface area (TPSA) is 92.0 Å². The van der Waals surface area contributed by atoms with Gasteiger partial charge in [-0.05, 0) is 45.2 Å². The van der Waals surface area contributed by atoms with Gasteiger partial charge in [0.15, 0.2) is 5.96 Å². The van der Waals surface area contributed by atoms with Crippen molar-refractivity contribution in [2.75, 3.05) is 32.7 Å². The van der Waals surface area contributed by atoms with Crippen molar-refractivity contribution in [1.82, 2.24) is 15.5 Å². The number of carbonyl (C=O) groups is 1. The molecule has 1 fully saturated rings. The maximum atomic E-state index is 11.0. The Morgan fingerprint density at radius 2 is 2.07 bits per heavy atom. The van der Waals surface area contributed by atoms with Gasteiger partial charge in [-0.2, -0.15) is 0 Å². The lowest BCUT2D eigenvalue weighted by atomic mass is 10.1. The molecule has 4 N–H and O–H groups in total. The van der Waals surface area contributed by atoms with Crippen LogP contribution in [-0.4, -0.2) is 61.6 Å². The predicted octanol–water partition coefficient (Wildman–Crippen LogP) is 1.27. The molecule has 1 amide bonds. The maximum Gasteiger partial charge on any atom is 0.231 e. The number of hydrogen-bond donors (Lipinski definition) is 3. The van der Waals surface area contributed by atoms with Crippen LogP contribution in [0, 0.1) is 6.92 Å². The van der Waals surface area contributed by atoms with Gasteiger partial charge in [0.1, 0.15) is 11.9 Å². The standard InChI is InChI=1S/C20H33N5O2/c1-4-22-20(24-17-9-11-25(12-10-17)14-19(21)26)23-13-16(3)27-18-8-6-5-7-15(18)2/h5-8,16-17H,4,9-14H2,1-3H3,(H2,21,26)(H2,22,23,24). The third kappa shape index (κ3) is 7.46. The fourth-order valence-electron chi connectivity index (χ4n) is 3.13. The van der Waals surface area contributed by atoms with Gasteiger partial charge in [-0.25, -0.2) is 4.99 Å². The molecule has 7 heteroatoms. The molecule has 0 saturated carbocycles. The number of likely N-dealkylation sites (tertiary alicyclic amines) is 1. The zero-order chi connectivity index (χ0) is 19.6. The van der Waals surface area contributed by atoms with Gasteiger partial charge in [-0.3, -0.25) is 9.69 Å². The summed E-state index contributed by atoms with van der Waals surface area (Å²) in [6.07, 6.45) is 1.92. The number of primary amides is 1. The lowest BCUT2D eigenvalue weighted by Gasteiger charge is -2.32. The van der Waals surface area contributed by atoms with E-state index in [0.717, 1.165) is 49.7 Å². The number of guanidine groups is 1. The van der Waals surface area contributed by atoms with Crippen molar-refractivity contribution in [1.29, 1.82) is 0 Å². The van der Waals surface area contributed by atoms with Crippen molar-refractivity contribution in [3.8, 4) is 5.75 Å². The molecule has 0 bridgehead atoms. The first-order valence-electron chi connectivity index (χ1n) is 9.75. The Morgan fingerprint density at radius 3 is 2.70 bits per heavy atom. The van der Waals surface area contributed by atoms with Crippen LogP contribution in [0.3, 0.4) is 0 Å². The Balaban J connectivity index is 1.83. The van der Waals surface area contributed by atoms with Crippen molar-refractivity contribution < 1.29 is 9.53 Å². The van der Waals surface area contributed by atoms with Gasteiger partial charge in [-0.15, -0.1) is 0 Å². The van der Waals surface area contributed by atoms with Gasteiger partial charge in [0.25, 0.3) is 0 Å². The van der Waals surface area contributed by atoms with Crippen molar-refractivity contribution in [3.63, 3.8) is 0 Å². The number of aliphatic imine (C=N–C) groups is 1.